The van der Waals surface area contributed by atoms with Crippen LogP contribution in [0.4, 0.5) is 5.69 Å². The highest BCUT2D eigenvalue weighted by Gasteiger charge is 2.24. The zero-order chi connectivity index (χ0) is 17.4. The third-order valence-electron chi connectivity index (χ3n) is 3.37. The number of hydrogen-bond acceptors (Lipinski definition) is 4. The van der Waals surface area contributed by atoms with Gasteiger partial charge in [0.05, 0.1) is 5.69 Å². The SMILES string of the molecule is Cc1ccc(NS(=O)(=O)c2cc(C)cc(C(=O)O)c2O)c(C)c1. The summed E-state index contributed by atoms with van der Waals surface area (Å²) in [7, 11) is -4.12. The summed E-state index contributed by atoms with van der Waals surface area (Å²) in [4.78, 5) is 10.7. The molecule has 0 aliphatic heterocycles. The predicted molar refractivity (Wildman–Crippen MR) is 86.5 cm³/mol. The maximum atomic E-state index is 12.5. The quantitative estimate of drug-likeness (QED) is 0.797. The summed E-state index contributed by atoms with van der Waals surface area (Å²) < 4.78 is 27.4. The van der Waals surface area contributed by atoms with E-state index in [9.17, 15) is 18.3 Å². The van der Waals surface area contributed by atoms with Crippen LogP contribution in [0.5, 0.6) is 5.75 Å². The third kappa shape index (κ3) is 3.45. The summed E-state index contributed by atoms with van der Waals surface area (Å²) in [5.41, 5.74) is 2.04. The Hall–Kier alpha value is -2.54. The second-order valence-electron chi connectivity index (χ2n) is 5.39. The number of benzene rings is 2. The maximum absolute atomic E-state index is 12.5. The predicted octanol–water partition coefficient (Wildman–Crippen LogP) is 2.82. The van der Waals surface area contributed by atoms with Crippen LogP contribution >= 0.6 is 0 Å². The van der Waals surface area contributed by atoms with Gasteiger partial charge in [-0.1, -0.05) is 17.7 Å². The van der Waals surface area contributed by atoms with Gasteiger partial charge in [0.25, 0.3) is 10.0 Å². The minimum Gasteiger partial charge on any atom is -0.506 e. The van der Waals surface area contributed by atoms with Crippen LogP contribution in [0.25, 0.3) is 0 Å². The van der Waals surface area contributed by atoms with Gasteiger partial charge in [-0.15, -0.1) is 0 Å². The molecule has 3 N–H and O–H groups in total. The lowest BCUT2D eigenvalue weighted by molar-refractivity contribution is 0.0693. The molecule has 0 aliphatic carbocycles. The number of aromatic hydroxyl groups is 1. The Balaban J connectivity index is 2.54. The van der Waals surface area contributed by atoms with Gasteiger partial charge in [0, 0.05) is 0 Å². The molecule has 122 valence electrons. The molecule has 0 radical (unpaired) electrons. The average Bonchev–Trinajstić information content (AvgIpc) is 2.43. The molecule has 0 spiro atoms. The Morgan fingerprint density at radius 3 is 2.26 bits per heavy atom. The fourth-order valence-electron chi connectivity index (χ4n) is 2.24. The monoisotopic (exact) mass is 335 g/mol. The van der Waals surface area contributed by atoms with Crippen molar-refractivity contribution in [3.63, 3.8) is 0 Å². The van der Waals surface area contributed by atoms with E-state index in [2.05, 4.69) is 4.72 Å². The summed E-state index contributed by atoms with van der Waals surface area (Å²) in [6.07, 6.45) is 0. The van der Waals surface area contributed by atoms with E-state index >= 15 is 0 Å². The van der Waals surface area contributed by atoms with Crippen LogP contribution in [-0.4, -0.2) is 24.6 Å². The summed E-state index contributed by atoms with van der Waals surface area (Å²) in [6, 6.07) is 7.63. The number of anilines is 1. The average molecular weight is 335 g/mol. The number of carboxylic acids is 1. The molecule has 0 saturated carbocycles. The zero-order valence-corrected chi connectivity index (χ0v) is 13.7. The lowest BCUT2D eigenvalue weighted by Crippen LogP contribution is -2.15. The fourth-order valence-corrected chi connectivity index (χ4v) is 3.58. The van der Waals surface area contributed by atoms with Crippen molar-refractivity contribution in [2.75, 3.05) is 4.72 Å². The molecule has 7 heteroatoms. The van der Waals surface area contributed by atoms with Crippen molar-refractivity contribution in [2.45, 2.75) is 25.7 Å². The van der Waals surface area contributed by atoms with Gasteiger partial charge in [-0.05, 0) is 50.1 Å². The normalized spacial score (nSPS) is 11.3. The molecule has 0 aromatic heterocycles. The summed E-state index contributed by atoms with van der Waals surface area (Å²) in [5, 5.41) is 19.1. The standard InChI is InChI=1S/C16H17NO5S/c1-9-4-5-13(11(3)6-9)17-23(21,22)14-8-10(2)7-12(15(14)18)16(19)20/h4-8,17-18H,1-3H3,(H,19,20). The Labute approximate surface area is 134 Å². The van der Waals surface area contributed by atoms with Gasteiger partial charge in [-0.25, -0.2) is 13.2 Å². The summed E-state index contributed by atoms with van der Waals surface area (Å²) in [5.74, 6) is -2.17. The highest BCUT2D eigenvalue weighted by molar-refractivity contribution is 7.92. The number of hydrogen-bond donors (Lipinski definition) is 3. The first-order chi connectivity index (χ1) is 10.6. The van der Waals surface area contributed by atoms with Crippen LogP contribution in [0.2, 0.25) is 0 Å². The van der Waals surface area contributed by atoms with Crippen molar-refractivity contribution in [2.24, 2.45) is 0 Å². The van der Waals surface area contributed by atoms with Crippen molar-refractivity contribution in [1.82, 2.24) is 0 Å². The lowest BCUT2D eigenvalue weighted by Gasteiger charge is -2.14. The van der Waals surface area contributed by atoms with Crippen molar-refractivity contribution >= 4 is 21.7 Å². The van der Waals surface area contributed by atoms with E-state index in [1.54, 1.807) is 26.0 Å². The molecule has 2 aromatic rings. The molecule has 0 saturated heterocycles. The number of rotatable bonds is 4. The molecule has 2 aromatic carbocycles. The second kappa shape index (κ2) is 5.92. The number of carboxylic acid groups (broad SMARTS) is 1. The number of aryl methyl sites for hydroxylation is 3. The Morgan fingerprint density at radius 2 is 1.70 bits per heavy atom. The zero-order valence-electron chi connectivity index (χ0n) is 12.9. The van der Waals surface area contributed by atoms with Gasteiger partial charge in [0.15, 0.2) is 5.75 Å². The molecule has 2 rings (SSSR count). The molecule has 0 aliphatic rings. The number of nitrogens with one attached hydrogen (secondary N) is 1. The third-order valence-corrected chi connectivity index (χ3v) is 4.74. The second-order valence-corrected chi connectivity index (χ2v) is 7.04. The highest BCUT2D eigenvalue weighted by atomic mass is 32.2. The van der Waals surface area contributed by atoms with Crippen molar-refractivity contribution in [1.29, 1.82) is 0 Å². The van der Waals surface area contributed by atoms with E-state index in [4.69, 9.17) is 5.11 Å². The molecule has 0 bridgehead atoms. The number of phenols is 1. The maximum Gasteiger partial charge on any atom is 0.339 e. The van der Waals surface area contributed by atoms with Crippen molar-refractivity contribution < 1.29 is 23.4 Å². The Kier molecular flexibility index (Phi) is 4.33. The van der Waals surface area contributed by atoms with Crippen LogP contribution in [0.1, 0.15) is 27.0 Å². The van der Waals surface area contributed by atoms with Crippen LogP contribution in [0.3, 0.4) is 0 Å². The van der Waals surface area contributed by atoms with E-state index in [-0.39, 0.29) is 0 Å². The van der Waals surface area contributed by atoms with Gasteiger partial charge in [0.1, 0.15) is 10.5 Å². The topological polar surface area (TPSA) is 104 Å². The van der Waals surface area contributed by atoms with Gasteiger partial charge in [0.2, 0.25) is 0 Å². The minimum absolute atomic E-state index is 0.369. The number of carbonyl (C=O) groups is 1. The largest absolute Gasteiger partial charge is 0.506 e. The van der Waals surface area contributed by atoms with E-state index in [0.29, 0.717) is 11.3 Å². The van der Waals surface area contributed by atoms with Crippen molar-refractivity contribution in [3.05, 3.63) is 52.6 Å². The van der Waals surface area contributed by atoms with E-state index in [0.717, 1.165) is 11.1 Å². The van der Waals surface area contributed by atoms with Gasteiger partial charge in [-0.3, -0.25) is 4.72 Å². The number of sulfonamides is 1. The molecule has 0 amide bonds. The molecular weight excluding hydrogens is 318 g/mol. The molecular formula is C16H17NO5S. The van der Waals surface area contributed by atoms with E-state index < -0.39 is 32.2 Å². The first-order valence-electron chi connectivity index (χ1n) is 6.79. The Bertz CT molecular complexity index is 888. The molecule has 0 heterocycles. The van der Waals surface area contributed by atoms with Gasteiger partial charge >= 0.3 is 5.97 Å². The molecule has 0 fully saturated rings. The Morgan fingerprint density at radius 1 is 1.04 bits per heavy atom. The summed E-state index contributed by atoms with van der Waals surface area (Å²) >= 11 is 0. The lowest BCUT2D eigenvalue weighted by atomic mass is 10.1. The van der Waals surface area contributed by atoms with Crippen LogP contribution in [-0.2, 0) is 10.0 Å². The molecule has 0 unspecified atom stereocenters. The van der Waals surface area contributed by atoms with E-state index in [1.165, 1.54) is 12.1 Å². The van der Waals surface area contributed by atoms with Gasteiger partial charge in [-0.2, -0.15) is 0 Å². The highest BCUT2D eigenvalue weighted by Crippen LogP contribution is 2.30. The smallest absolute Gasteiger partial charge is 0.339 e. The van der Waals surface area contributed by atoms with E-state index in [1.807, 2.05) is 13.0 Å². The van der Waals surface area contributed by atoms with Crippen LogP contribution < -0.4 is 4.72 Å². The fraction of sp³-hybridized carbons (Fsp3) is 0.188. The van der Waals surface area contributed by atoms with Crippen LogP contribution in [0.15, 0.2) is 35.2 Å². The summed E-state index contributed by atoms with van der Waals surface area (Å²) in [6.45, 7) is 5.20. The molecule has 6 nitrogen and oxygen atoms in total. The minimum atomic E-state index is -4.12. The van der Waals surface area contributed by atoms with Crippen molar-refractivity contribution in [3.8, 4) is 5.75 Å². The van der Waals surface area contributed by atoms with Crippen LogP contribution in [0, 0.1) is 20.8 Å². The molecule has 0 atom stereocenters. The first kappa shape index (κ1) is 16.8. The number of aromatic carboxylic acids is 1. The molecule has 23 heavy (non-hydrogen) atoms. The first-order valence-corrected chi connectivity index (χ1v) is 8.27. The van der Waals surface area contributed by atoms with Gasteiger partial charge < -0.3 is 10.2 Å².